The average molecular weight is 325 g/mol. The van der Waals surface area contributed by atoms with Gasteiger partial charge in [-0.1, -0.05) is 13.3 Å². The first-order chi connectivity index (χ1) is 11.7. The predicted octanol–water partition coefficient (Wildman–Crippen LogP) is 2.67. The standard InChI is InChI=1S/C18H20FN5/c1-2-4-13-9-15(19)12-22-17(13)10-16-6-8-23-24(16)18-14(11-20)5-3-7-21-18/h3,5,7-9,12,16,18,21H,2,4,6,10H2,1H3. The summed E-state index contributed by atoms with van der Waals surface area (Å²) in [6.45, 7) is 2.07. The second-order valence-corrected chi connectivity index (χ2v) is 5.94. The number of hydrogen-bond acceptors (Lipinski definition) is 5. The number of hydrogen-bond donors (Lipinski definition) is 1. The predicted molar refractivity (Wildman–Crippen MR) is 90.4 cm³/mol. The van der Waals surface area contributed by atoms with Crippen LogP contribution in [0.2, 0.25) is 0 Å². The van der Waals surface area contributed by atoms with Crippen molar-refractivity contribution in [2.24, 2.45) is 5.10 Å². The van der Waals surface area contributed by atoms with Crippen LogP contribution in [0.15, 0.2) is 41.3 Å². The lowest BCUT2D eigenvalue weighted by molar-refractivity contribution is 0.167. The first kappa shape index (κ1) is 16.2. The number of nitriles is 1. The summed E-state index contributed by atoms with van der Waals surface area (Å²) in [5.74, 6) is -0.296. The van der Waals surface area contributed by atoms with Crippen molar-refractivity contribution in [3.8, 4) is 6.07 Å². The summed E-state index contributed by atoms with van der Waals surface area (Å²) < 4.78 is 13.5. The van der Waals surface area contributed by atoms with Gasteiger partial charge in [0.05, 0.1) is 23.9 Å². The number of nitrogens with one attached hydrogen (secondary N) is 1. The van der Waals surface area contributed by atoms with E-state index >= 15 is 0 Å². The van der Waals surface area contributed by atoms with Gasteiger partial charge in [0, 0.05) is 24.8 Å². The van der Waals surface area contributed by atoms with Gasteiger partial charge in [-0.25, -0.2) is 4.39 Å². The molecule has 0 aliphatic carbocycles. The number of aromatic nitrogens is 1. The molecule has 0 spiro atoms. The van der Waals surface area contributed by atoms with Crippen molar-refractivity contribution in [1.29, 1.82) is 5.26 Å². The number of dihydropyridines is 1. The van der Waals surface area contributed by atoms with E-state index < -0.39 is 0 Å². The van der Waals surface area contributed by atoms with Crippen molar-refractivity contribution in [2.75, 3.05) is 0 Å². The van der Waals surface area contributed by atoms with Crippen LogP contribution in [0.5, 0.6) is 0 Å². The summed E-state index contributed by atoms with van der Waals surface area (Å²) >= 11 is 0. The Kier molecular flexibility index (Phi) is 4.90. The van der Waals surface area contributed by atoms with Crippen molar-refractivity contribution in [3.63, 3.8) is 0 Å². The molecule has 1 N–H and O–H groups in total. The minimum atomic E-state index is -0.296. The lowest BCUT2D eigenvalue weighted by atomic mass is 10.00. The van der Waals surface area contributed by atoms with Crippen LogP contribution < -0.4 is 5.32 Å². The van der Waals surface area contributed by atoms with Gasteiger partial charge < -0.3 is 5.32 Å². The quantitative estimate of drug-likeness (QED) is 0.904. The van der Waals surface area contributed by atoms with Gasteiger partial charge in [0.15, 0.2) is 6.17 Å². The van der Waals surface area contributed by atoms with Gasteiger partial charge in [0.25, 0.3) is 0 Å². The lowest BCUT2D eigenvalue weighted by Gasteiger charge is -2.33. The highest BCUT2D eigenvalue weighted by molar-refractivity contribution is 5.60. The summed E-state index contributed by atoms with van der Waals surface area (Å²) in [5.41, 5.74) is 2.49. The van der Waals surface area contributed by atoms with E-state index in [1.54, 1.807) is 12.1 Å². The number of nitrogens with zero attached hydrogens (tertiary/aromatic N) is 4. The topological polar surface area (TPSA) is 64.3 Å². The van der Waals surface area contributed by atoms with Crippen LogP contribution >= 0.6 is 0 Å². The van der Waals surface area contributed by atoms with E-state index in [0.717, 1.165) is 30.5 Å². The maximum atomic E-state index is 13.5. The van der Waals surface area contributed by atoms with Crippen LogP contribution in [0.3, 0.4) is 0 Å². The Morgan fingerprint density at radius 1 is 1.50 bits per heavy atom. The number of aryl methyl sites for hydroxylation is 1. The van der Waals surface area contributed by atoms with Crippen molar-refractivity contribution >= 4 is 6.21 Å². The van der Waals surface area contributed by atoms with Gasteiger partial charge in [-0.3, -0.25) is 9.99 Å². The van der Waals surface area contributed by atoms with E-state index in [4.69, 9.17) is 0 Å². The zero-order valence-corrected chi connectivity index (χ0v) is 13.6. The Hall–Kier alpha value is -2.68. The minimum absolute atomic E-state index is 0.0966. The second-order valence-electron chi connectivity index (χ2n) is 5.94. The average Bonchev–Trinajstić information content (AvgIpc) is 3.05. The Labute approximate surface area is 141 Å². The molecule has 3 rings (SSSR count). The Morgan fingerprint density at radius 3 is 3.17 bits per heavy atom. The molecule has 0 radical (unpaired) electrons. The first-order valence-corrected chi connectivity index (χ1v) is 8.20. The molecule has 2 atom stereocenters. The van der Waals surface area contributed by atoms with E-state index in [0.29, 0.717) is 12.0 Å². The van der Waals surface area contributed by atoms with Crippen LogP contribution in [-0.4, -0.2) is 28.4 Å². The van der Waals surface area contributed by atoms with Crippen molar-refractivity contribution in [1.82, 2.24) is 15.3 Å². The fourth-order valence-corrected chi connectivity index (χ4v) is 3.12. The molecule has 1 aromatic heterocycles. The summed E-state index contributed by atoms with van der Waals surface area (Å²) in [4.78, 5) is 4.31. The largest absolute Gasteiger partial charge is 0.366 e. The van der Waals surface area contributed by atoms with Gasteiger partial charge in [0.1, 0.15) is 5.82 Å². The molecule has 2 aliphatic heterocycles. The summed E-state index contributed by atoms with van der Waals surface area (Å²) in [6, 6.07) is 3.90. The molecule has 0 saturated carbocycles. The molecule has 5 nitrogen and oxygen atoms in total. The number of rotatable bonds is 5. The number of allylic oxidation sites excluding steroid dienone is 2. The molecule has 0 bridgehead atoms. The Bertz CT molecular complexity index is 731. The monoisotopic (exact) mass is 325 g/mol. The van der Waals surface area contributed by atoms with E-state index in [9.17, 15) is 9.65 Å². The molecule has 0 aromatic carbocycles. The summed E-state index contributed by atoms with van der Waals surface area (Å²) in [7, 11) is 0. The van der Waals surface area contributed by atoms with Crippen LogP contribution in [0.1, 0.15) is 31.0 Å². The molecule has 1 aromatic rings. The van der Waals surface area contributed by atoms with Gasteiger partial charge in [-0.15, -0.1) is 0 Å². The highest BCUT2D eigenvalue weighted by Crippen LogP contribution is 2.24. The number of hydrazone groups is 1. The fourth-order valence-electron chi connectivity index (χ4n) is 3.12. The fraction of sp³-hybridized carbons (Fsp3) is 0.389. The van der Waals surface area contributed by atoms with Crippen LogP contribution in [0.25, 0.3) is 0 Å². The van der Waals surface area contributed by atoms with E-state index in [2.05, 4.69) is 28.4 Å². The van der Waals surface area contributed by atoms with E-state index in [1.165, 1.54) is 6.20 Å². The molecule has 0 amide bonds. The maximum Gasteiger partial charge on any atom is 0.151 e. The van der Waals surface area contributed by atoms with Gasteiger partial charge in [0.2, 0.25) is 0 Å². The molecule has 6 heteroatoms. The van der Waals surface area contributed by atoms with Crippen molar-refractivity contribution in [3.05, 3.63) is 53.3 Å². The van der Waals surface area contributed by atoms with Crippen LogP contribution in [0, 0.1) is 17.1 Å². The highest BCUT2D eigenvalue weighted by atomic mass is 19.1. The molecule has 0 saturated heterocycles. The van der Waals surface area contributed by atoms with Crippen LogP contribution in [-0.2, 0) is 12.8 Å². The van der Waals surface area contributed by atoms with Crippen LogP contribution in [0.4, 0.5) is 4.39 Å². The first-order valence-electron chi connectivity index (χ1n) is 8.20. The van der Waals surface area contributed by atoms with Gasteiger partial charge in [-0.05, 0) is 36.4 Å². The van der Waals surface area contributed by atoms with E-state index in [-0.39, 0.29) is 18.0 Å². The zero-order valence-electron chi connectivity index (χ0n) is 13.6. The van der Waals surface area contributed by atoms with Crippen molar-refractivity contribution in [2.45, 2.75) is 44.8 Å². The van der Waals surface area contributed by atoms with E-state index in [1.807, 2.05) is 23.5 Å². The molecule has 3 heterocycles. The van der Waals surface area contributed by atoms with Gasteiger partial charge >= 0.3 is 0 Å². The second kappa shape index (κ2) is 7.26. The minimum Gasteiger partial charge on any atom is -0.366 e. The third-order valence-corrected chi connectivity index (χ3v) is 4.26. The molecular formula is C18H20FN5. The number of pyridine rings is 1. The molecule has 2 aliphatic rings. The SMILES string of the molecule is CCCc1cc(F)cnc1CC1CC=NN1C1NC=CC=C1C#N. The summed E-state index contributed by atoms with van der Waals surface area (Å²) in [6.07, 6.45) is 11.5. The lowest BCUT2D eigenvalue weighted by Crippen LogP contribution is -2.46. The molecular weight excluding hydrogens is 305 g/mol. The molecule has 2 unspecified atom stereocenters. The Balaban J connectivity index is 1.79. The molecule has 124 valence electrons. The number of halogens is 1. The van der Waals surface area contributed by atoms with Gasteiger partial charge in [-0.2, -0.15) is 10.4 Å². The summed E-state index contributed by atoms with van der Waals surface area (Å²) in [5, 5.41) is 18.9. The third-order valence-electron chi connectivity index (χ3n) is 4.26. The molecule has 24 heavy (non-hydrogen) atoms. The highest BCUT2D eigenvalue weighted by Gasteiger charge is 2.31. The zero-order chi connectivity index (χ0) is 16.9. The third kappa shape index (κ3) is 3.30. The molecule has 0 fully saturated rings. The van der Waals surface area contributed by atoms with Crippen molar-refractivity contribution < 1.29 is 4.39 Å². The smallest absolute Gasteiger partial charge is 0.151 e. The maximum absolute atomic E-state index is 13.5. The Morgan fingerprint density at radius 2 is 2.38 bits per heavy atom. The normalized spacial score (nSPS) is 22.2.